The molecule has 17 heavy (non-hydrogen) atoms. The van der Waals surface area contributed by atoms with Crippen LogP contribution in [0.5, 0.6) is 0 Å². The zero-order valence-corrected chi connectivity index (χ0v) is 11.3. The molecule has 0 aromatic rings. The van der Waals surface area contributed by atoms with E-state index in [1.54, 1.807) is 7.11 Å². The number of methoxy groups -OCH3 is 1. The molecule has 3 N–H and O–H groups in total. The summed E-state index contributed by atoms with van der Waals surface area (Å²) in [4.78, 5) is 0. The van der Waals surface area contributed by atoms with Gasteiger partial charge < -0.3 is 10.5 Å². The molecule has 0 radical (unpaired) electrons. The highest BCUT2D eigenvalue weighted by Gasteiger charge is 2.27. The fourth-order valence-corrected chi connectivity index (χ4v) is 3.72. The lowest BCUT2D eigenvalue weighted by Gasteiger charge is -2.31. The van der Waals surface area contributed by atoms with E-state index < -0.39 is 10.0 Å². The number of sulfonamides is 1. The van der Waals surface area contributed by atoms with Crippen LogP contribution in [0.1, 0.15) is 32.1 Å². The maximum Gasteiger partial charge on any atom is 0.211 e. The first kappa shape index (κ1) is 14.9. The molecule has 1 saturated carbocycles. The van der Waals surface area contributed by atoms with Crippen LogP contribution in [-0.4, -0.2) is 40.5 Å². The van der Waals surface area contributed by atoms with Crippen LogP contribution in [0.2, 0.25) is 0 Å². The average molecular weight is 264 g/mol. The highest BCUT2D eigenvalue weighted by molar-refractivity contribution is 7.89. The fourth-order valence-electron chi connectivity index (χ4n) is 2.33. The van der Waals surface area contributed by atoms with E-state index in [2.05, 4.69) is 4.72 Å². The molecule has 0 aromatic carbocycles. The highest BCUT2D eigenvalue weighted by Crippen LogP contribution is 2.24. The van der Waals surface area contributed by atoms with Crippen LogP contribution >= 0.6 is 0 Å². The molecule has 2 atom stereocenters. The van der Waals surface area contributed by atoms with E-state index in [-0.39, 0.29) is 11.8 Å². The van der Waals surface area contributed by atoms with Gasteiger partial charge in [-0.15, -0.1) is 0 Å². The summed E-state index contributed by atoms with van der Waals surface area (Å²) in [7, 11) is -1.61. The Kier molecular flexibility index (Phi) is 6.40. The van der Waals surface area contributed by atoms with Crippen molar-refractivity contribution in [1.82, 2.24) is 4.72 Å². The summed E-state index contributed by atoms with van der Waals surface area (Å²) in [6.45, 7) is 1.04. The third-order valence-corrected chi connectivity index (χ3v) is 4.79. The minimum atomic E-state index is -3.18. The zero-order chi connectivity index (χ0) is 12.7. The van der Waals surface area contributed by atoms with E-state index in [4.69, 9.17) is 10.5 Å². The summed E-state index contributed by atoms with van der Waals surface area (Å²) in [5.74, 6) is 0.426. The molecule has 0 aromatic heterocycles. The first-order chi connectivity index (χ1) is 8.09. The second-order valence-electron chi connectivity index (χ2n) is 4.67. The van der Waals surface area contributed by atoms with E-state index in [1.165, 1.54) is 0 Å². The number of nitrogens with one attached hydrogen (secondary N) is 1. The van der Waals surface area contributed by atoms with Gasteiger partial charge in [0.15, 0.2) is 0 Å². The smallest absolute Gasteiger partial charge is 0.211 e. The second-order valence-corrected chi connectivity index (χ2v) is 6.54. The van der Waals surface area contributed by atoms with E-state index in [0.29, 0.717) is 25.5 Å². The van der Waals surface area contributed by atoms with Gasteiger partial charge in [0.2, 0.25) is 10.0 Å². The number of hydrogen-bond acceptors (Lipinski definition) is 4. The predicted molar refractivity (Wildman–Crippen MR) is 68.2 cm³/mol. The van der Waals surface area contributed by atoms with Crippen LogP contribution in [-0.2, 0) is 14.8 Å². The van der Waals surface area contributed by atoms with Gasteiger partial charge in [-0.25, -0.2) is 13.1 Å². The van der Waals surface area contributed by atoms with Gasteiger partial charge in [-0.05, 0) is 31.7 Å². The summed E-state index contributed by atoms with van der Waals surface area (Å²) in [6.07, 6.45) is 4.71. The summed E-state index contributed by atoms with van der Waals surface area (Å²) < 4.78 is 31.3. The van der Waals surface area contributed by atoms with E-state index in [0.717, 1.165) is 25.7 Å². The molecular weight excluding hydrogens is 240 g/mol. The molecule has 1 aliphatic carbocycles. The molecule has 0 bridgehead atoms. The molecule has 0 saturated heterocycles. The van der Waals surface area contributed by atoms with Crippen molar-refractivity contribution in [3.63, 3.8) is 0 Å². The van der Waals surface area contributed by atoms with Crippen molar-refractivity contribution in [3.8, 4) is 0 Å². The Bertz CT molecular complexity index is 306. The Morgan fingerprint density at radius 1 is 1.35 bits per heavy atom. The third kappa shape index (κ3) is 5.33. The second kappa shape index (κ2) is 7.31. The van der Waals surface area contributed by atoms with Gasteiger partial charge in [0.05, 0.1) is 5.75 Å². The highest BCUT2D eigenvalue weighted by atomic mass is 32.2. The van der Waals surface area contributed by atoms with Crippen LogP contribution in [0.15, 0.2) is 0 Å². The van der Waals surface area contributed by atoms with Gasteiger partial charge in [-0.3, -0.25) is 0 Å². The lowest BCUT2D eigenvalue weighted by atomic mass is 9.85. The first-order valence-electron chi connectivity index (χ1n) is 6.28. The Morgan fingerprint density at radius 2 is 2.06 bits per heavy atom. The molecule has 1 fully saturated rings. The summed E-state index contributed by atoms with van der Waals surface area (Å²) in [5, 5.41) is 0. The topological polar surface area (TPSA) is 81.4 Å². The van der Waals surface area contributed by atoms with Crippen LogP contribution in [0.4, 0.5) is 0 Å². The number of hydrogen-bond donors (Lipinski definition) is 2. The summed E-state index contributed by atoms with van der Waals surface area (Å²) >= 11 is 0. The molecule has 5 nitrogen and oxygen atoms in total. The van der Waals surface area contributed by atoms with E-state index >= 15 is 0 Å². The van der Waals surface area contributed by atoms with Gasteiger partial charge in [0, 0.05) is 19.8 Å². The normalized spacial score (nSPS) is 26.0. The molecule has 1 rings (SSSR count). The van der Waals surface area contributed by atoms with Crippen LogP contribution in [0, 0.1) is 5.92 Å². The Labute approximate surface area is 104 Å². The molecule has 0 amide bonds. The largest absolute Gasteiger partial charge is 0.385 e. The van der Waals surface area contributed by atoms with Gasteiger partial charge >= 0.3 is 0 Å². The molecule has 0 spiro atoms. The molecular formula is C11H24N2O3S. The Hall–Kier alpha value is -0.170. The number of rotatable bonds is 7. The van der Waals surface area contributed by atoms with Crippen molar-refractivity contribution in [3.05, 3.63) is 0 Å². The Morgan fingerprint density at radius 3 is 2.71 bits per heavy atom. The molecule has 1 aliphatic rings. The van der Waals surface area contributed by atoms with Gasteiger partial charge in [0.25, 0.3) is 0 Å². The van der Waals surface area contributed by atoms with Crippen LogP contribution < -0.4 is 10.5 Å². The molecule has 102 valence electrons. The van der Waals surface area contributed by atoms with Gasteiger partial charge in [-0.2, -0.15) is 0 Å². The lowest BCUT2D eigenvalue weighted by molar-refractivity contribution is 0.199. The van der Waals surface area contributed by atoms with Crippen molar-refractivity contribution in [2.75, 3.05) is 26.0 Å². The first-order valence-corrected chi connectivity index (χ1v) is 7.93. The monoisotopic (exact) mass is 264 g/mol. The Balaban J connectivity index is 2.44. The quantitative estimate of drug-likeness (QED) is 0.655. The fraction of sp³-hybridized carbons (Fsp3) is 1.00. The van der Waals surface area contributed by atoms with Crippen molar-refractivity contribution < 1.29 is 13.2 Å². The summed E-state index contributed by atoms with van der Waals surface area (Å²) in [6, 6.07) is 0.0290. The average Bonchev–Trinajstić information content (AvgIpc) is 2.29. The van der Waals surface area contributed by atoms with Crippen molar-refractivity contribution >= 4 is 10.0 Å². The number of ether oxygens (including phenoxy) is 1. The van der Waals surface area contributed by atoms with Gasteiger partial charge in [0.1, 0.15) is 0 Å². The minimum absolute atomic E-state index is 0.0290. The minimum Gasteiger partial charge on any atom is -0.385 e. The van der Waals surface area contributed by atoms with Crippen molar-refractivity contribution in [2.45, 2.75) is 38.1 Å². The molecule has 0 aliphatic heterocycles. The number of nitrogens with two attached hydrogens (primary N) is 1. The molecule has 2 unspecified atom stereocenters. The third-order valence-electron chi connectivity index (χ3n) is 3.30. The van der Waals surface area contributed by atoms with Crippen LogP contribution in [0.25, 0.3) is 0 Å². The predicted octanol–water partition coefficient (Wildman–Crippen LogP) is 0.460. The maximum atomic E-state index is 11.8. The zero-order valence-electron chi connectivity index (χ0n) is 10.5. The molecule has 0 heterocycles. The van der Waals surface area contributed by atoms with E-state index in [9.17, 15) is 8.42 Å². The maximum absolute atomic E-state index is 11.8. The molecule has 6 heteroatoms. The standard InChI is InChI=1S/C11H24N2O3S/c1-16-7-4-8-17(14,15)13-11-6-3-2-5-10(11)9-12/h10-11,13H,2-9,12H2,1H3. The van der Waals surface area contributed by atoms with Crippen LogP contribution in [0.3, 0.4) is 0 Å². The lowest BCUT2D eigenvalue weighted by Crippen LogP contribution is -2.45. The van der Waals surface area contributed by atoms with E-state index in [1.807, 2.05) is 0 Å². The van der Waals surface area contributed by atoms with Crippen molar-refractivity contribution in [2.24, 2.45) is 11.7 Å². The SMILES string of the molecule is COCCCS(=O)(=O)NC1CCCCC1CN. The van der Waals surface area contributed by atoms with Crippen molar-refractivity contribution in [1.29, 1.82) is 0 Å². The van der Waals surface area contributed by atoms with Gasteiger partial charge in [-0.1, -0.05) is 12.8 Å². The summed E-state index contributed by atoms with van der Waals surface area (Å²) in [5.41, 5.74) is 5.68.